The van der Waals surface area contributed by atoms with E-state index < -0.39 is 0 Å². The van der Waals surface area contributed by atoms with Gasteiger partial charge in [-0.25, -0.2) is 0 Å². The first-order valence-corrected chi connectivity index (χ1v) is 7.80. The maximum atomic E-state index is 12.2. The Kier molecular flexibility index (Phi) is 4.90. The number of aromatic nitrogens is 4. The van der Waals surface area contributed by atoms with E-state index in [1.807, 2.05) is 37.4 Å². The normalized spacial score (nSPS) is 10.5. The summed E-state index contributed by atoms with van der Waals surface area (Å²) in [5.41, 5.74) is 1.96. The highest BCUT2D eigenvalue weighted by molar-refractivity contribution is 6.02. The van der Waals surface area contributed by atoms with Crippen LogP contribution in [0.4, 0.5) is 5.69 Å². The number of hydrogen-bond donors (Lipinski definition) is 2. The van der Waals surface area contributed by atoms with Crippen molar-refractivity contribution in [2.45, 2.75) is 19.9 Å². The number of ether oxygens (including phenoxy) is 1. The lowest BCUT2D eigenvalue weighted by Crippen LogP contribution is -2.12. The van der Waals surface area contributed by atoms with E-state index in [-0.39, 0.29) is 5.91 Å². The van der Waals surface area contributed by atoms with Crippen molar-refractivity contribution >= 4 is 11.6 Å². The van der Waals surface area contributed by atoms with Gasteiger partial charge in [0.05, 0.1) is 6.54 Å². The zero-order valence-corrected chi connectivity index (χ0v) is 13.4. The Morgan fingerprint density at radius 1 is 1.33 bits per heavy atom. The molecule has 0 saturated carbocycles. The molecule has 0 unspecified atom stereocenters. The van der Waals surface area contributed by atoms with Crippen LogP contribution in [0.3, 0.4) is 0 Å². The molecule has 0 spiro atoms. The van der Waals surface area contributed by atoms with Gasteiger partial charge in [-0.2, -0.15) is 10.2 Å². The van der Waals surface area contributed by atoms with Crippen molar-refractivity contribution in [3.8, 4) is 5.75 Å². The molecule has 7 heteroatoms. The number of nitrogens with one attached hydrogen (secondary N) is 2. The Bertz CT molecular complexity index is 795. The van der Waals surface area contributed by atoms with Gasteiger partial charge in [0.15, 0.2) is 5.69 Å². The molecule has 0 fully saturated rings. The number of carbonyl (C=O) groups excluding carboxylic acids is 1. The third kappa shape index (κ3) is 4.01. The largest absolute Gasteiger partial charge is 0.492 e. The first kappa shape index (κ1) is 15.8. The smallest absolute Gasteiger partial charge is 0.276 e. The number of amides is 1. The minimum Gasteiger partial charge on any atom is -0.492 e. The molecule has 7 nitrogen and oxygen atoms in total. The molecule has 1 amide bonds. The number of hydrogen-bond acceptors (Lipinski definition) is 4. The molecule has 24 heavy (non-hydrogen) atoms. The molecular weight excluding hydrogens is 306 g/mol. The zero-order chi connectivity index (χ0) is 16.8. The van der Waals surface area contributed by atoms with Gasteiger partial charge in [-0.15, -0.1) is 0 Å². The van der Waals surface area contributed by atoms with E-state index in [1.165, 1.54) is 0 Å². The van der Waals surface area contributed by atoms with E-state index in [2.05, 4.69) is 20.6 Å². The number of H-pyrrole nitrogens is 1. The van der Waals surface area contributed by atoms with E-state index in [0.29, 0.717) is 30.3 Å². The van der Waals surface area contributed by atoms with E-state index in [1.54, 1.807) is 23.0 Å². The molecule has 0 aliphatic heterocycles. The second-order valence-electron chi connectivity index (χ2n) is 5.23. The molecule has 0 bridgehead atoms. The maximum absolute atomic E-state index is 12.2. The molecule has 3 aromatic rings. The topological polar surface area (TPSA) is 84.8 Å². The average molecular weight is 325 g/mol. The first-order valence-electron chi connectivity index (χ1n) is 7.80. The van der Waals surface area contributed by atoms with Crippen molar-refractivity contribution < 1.29 is 9.53 Å². The summed E-state index contributed by atoms with van der Waals surface area (Å²) in [6.07, 6.45) is 4.42. The third-order valence-electron chi connectivity index (χ3n) is 3.48. The van der Waals surface area contributed by atoms with Gasteiger partial charge in [-0.1, -0.05) is 13.0 Å². The predicted octanol–water partition coefficient (Wildman–Crippen LogP) is 2.50. The standard InChI is InChI=1S/C17H19N5O2/c1-2-13-12-16(21-20-13)17(23)19-14-5-3-6-15(11-14)24-10-9-22-8-4-7-18-22/h3-8,11-12H,2,9-10H2,1H3,(H,19,23)(H,20,21). The molecule has 1 aromatic carbocycles. The SMILES string of the molecule is CCc1cc(C(=O)Nc2cccc(OCCn3cccn3)c2)n[nH]1. The fourth-order valence-corrected chi connectivity index (χ4v) is 2.21. The number of aromatic amines is 1. The van der Waals surface area contributed by atoms with Crippen molar-refractivity contribution in [1.82, 2.24) is 20.0 Å². The van der Waals surface area contributed by atoms with E-state index in [0.717, 1.165) is 12.1 Å². The monoisotopic (exact) mass is 325 g/mol. The summed E-state index contributed by atoms with van der Waals surface area (Å²) in [6, 6.07) is 10.9. The van der Waals surface area contributed by atoms with E-state index in [9.17, 15) is 4.79 Å². The average Bonchev–Trinajstić information content (AvgIpc) is 3.27. The molecular formula is C17H19N5O2. The van der Waals surface area contributed by atoms with Gasteiger partial charge >= 0.3 is 0 Å². The molecule has 0 aliphatic carbocycles. The van der Waals surface area contributed by atoms with Crippen molar-refractivity contribution in [1.29, 1.82) is 0 Å². The van der Waals surface area contributed by atoms with Gasteiger partial charge in [0, 0.05) is 29.8 Å². The maximum Gasteiger partial charge on any atom is 0.276 e. The molecule has 0 aliphatic rings. The summed E-state index contributed by atoms with van der Waals surface area (Å²) in [5, 5.41) is 13.8. The second kappa shape index (κ2) is 7.45. The first-order chi connectivity index (χ1) is 11.7. The third-order valence-corrected chi connectivity index (χ3v) is 3.48. The van der Waals surface area contributed by atoms with Gasteiger partial charge in [0.1, 0.15) is 12.4 Å². The van der Waals surface area contributed by atoms with Crippen molar-refractivity contribution in [3.05, 3.63) is 60.2 Å². The quantitative estimate of drug-likeness (QED) is 0.699. The van der Waals surface area contributed by atoms with Gasteiger partial charge in [-0.3, -0.25) is 14.6 Å². The molecule has 0 saturated heterocycles. The predicted molar refractivity (Wildman–Crippen MR) is 90.1 cm³/mol. The number of nitrogens with zero attached hydrogens (tertiary/aromatic N) is 3. The summed E-state index contributed by atoms with van der Waals surface area (Å²) in [6.45, 7) is 3.16. The van der Waals surface area contributed by atoms with Crippen molar-refractivity contribution in [3.63, 3.8) is 0 Å². The molecule has 2 N–H and O–H groups in total. The van der Waals surface area contributed by atoms with Crippen LogP contribution in [0, 0.1) is 0 Å². The van der Waals surface area contributed by atoms with Crippen LogP contribution in [-0.2, 0) is 13.0 Å². The van der Waals surface area contributed by atoms with Crippen LogP contribution < -0.4 is 10.1 Å². The lowest BCUT2D eigenvalue weighted by molar-refractivity contribution is 0.102. The fraction of sp³-hybridized carbons (Fsp3) is 0.235. The van der Waals surface area contributed by atoms with Gasteiger partial charge in [0.25, 0.3) is 5.91 Å². The summed E-state index contributed by atoms with van der Waals surface area (Å²) in [4.78, 5) is 12.2. The Labute approximate surface area is 139 Å². The highest BCUT2D eigenvalue weighted by Crippen LogP contribution is 2.18. The Morgan fingerprint density at radius 2 is 2.25 bits per heavy atom. The number of benzene rings is 1. The number of carbonyl (C=O) groups is 1. The van der Waals surface area contributed by atoms with Crippen LogP contribution in [0.2, 0.25) is 0 Å². The van der Waals surface area contributed by atoms with Gasteiger partial charge < -0.3 is 10.1 Å². The number of aryl methyl sites for hydroxylation is 1. The molecule has 2 heterocycles. The molecule has 3 rings (SSSR count). The van der Waals surface area contributed by atoms with Crippen LogP contribution in [-0.4, -0.2) is 32.5 Å². The van der Waals surface area contributed by atoms with E-state index >= 15 is 0 Å². The summed E-state index contributed by atoms with van der Waals surface area (Å²) in [7, 11) is 0. The fourth-order valence-electron chi connectivity index (χ4n) is 2.21. The van der Waals surface area contributed by atoms with Crippen LogP contribution in [0.25, 0.3) is 0 Å². The second-order valence-corrected chi connectivity index (χ2v) is 5.23. The van der Waals surface area contributed by atoms with Crippen LogP contribution >= 0.6 is 0 Å². The van der Waals surface area contributed by atoms with Crippen LogP contribution in [0.1, 0.15) is 23.1 Å². The molecule has 124 valence electrons. The lowest BCUT2D eigenvalue weighted by atomic mass is 10.2. The van der Waals surface area contributed by atoms with Crippen molar-refractivity contribution in [2.24, 2.45) is 0 Å². The Hall–Kier alpha value is -3.09. The summed E-state index contributed by atoms with van der Waals surface area (Å²) < 4.78 is 7.49. The van der Waals surface area contributed by atoms with E-state index in [4.69, 9.17) is 4.74 Å². The highest BCUT2D eigenvalue weighted by Gasteiger charge is 2.10. The zero-order valence-electron chi connectivity index (χ0n) is 13.4. The number of anilines is 1. The summed E-state index contributed by atoms with van der Waals surface area (Å²) in [5.74, 6) is 0.441. The summed E-state index contributed by atoms with van der Waals surface area (Å²) >= 11 is 0. The van der Waals surface area contributed by atoms with Gasteiger partial charge in [-0.05, 0) is 30.7 Å². The molecule has 0 atom stereocenters. The minimum atomic E-state index is -0.250. The minimum absolute atomic E-state index is 0.250. The highest BCUT2D eigenvalue weighted by atomic mass is 16.5. The van der Waals surface area contributed by atoms with Crippen molar-refractivity contribution in [2.75, 3.05) is 11.9 Å². The van der Waals surface area contributed by atoms with Crippen LogP contribution in [0.5, 0.6) is 5.75 Å². The Balaban J connectivity index is 1.57. The lowest BCUT2D eigenvalue weighted by Gasteiger charge is -2.09. The number of rotatable bonds is 7. The van der Waals surface area contributed by atoms with Gasteiger partial charge in [0.2, 0.25) is 0 Å². The molecule has 0 radical (unpaired) electrons. The molecule has 2 aromatic heterocycles. The Morgan fingerprint density at radius 3 is 3.00 bits per heavy atom. The van der Waals surface area contributed by atoms with Crippen LogP contribution in [0.15, 0.2) is 48.8 Å².